The minimum Gasteiger partial charge on any atom is -0.308 e. The summed E-state index contributed by atoms with van der Waals surface area (Å²) in [5, 5.41) is 8.70. The van der Waals surface area contributed by atoms with Gasteiger partial charge in [-0.1, -0.05) is 60.7 Å². The summed E-state index contributed by atoms with van der Waals surface area (Å²) >= 11 is 0. The summed E-state index contributed by atoms with van der Waals surface area (Å²) in [5.41, 5.74) is 5.93. The van der Waals surface area contributed by atoms with Gasteiger partial charge in [0.05, 0.1) is 12.2 Å². The van der Waals surface area contributed by atoms with Crippen LogP contribution in [0.3, 0.4) is 0 Å². The van der Waals surface area contributed by atoms with Crippen molar-refractivity contribution in [3.63, 3.8) is 0 Å². The molecule has 1 aliphatic rings. The number of hydrogen-bond donors (Lipinski definition) is 1. The number of benzene rings is 2. The molecule has 0 saturated carbocycles. The molecule has 5 heteroatoms. The Morgan fingerprint density at radius 2 is 1.62 bits per heavy atom. The van der Waals surface area contributed by atoms with Gasteiger partial charge in [0.25, 0.3) is 0 Å². The van der Waals surface area contributed by atoms with Crippen LogP contribution in [0.25, 0.3) is 11.3 Å². The number of hydrogen-bond acceptors (Lipinski definition) is 4. The van der Waals surface area contributed by atoms with E-state index in [4.69, 9.17) is 5.10 Å². The second-order valence-electron chi connectivity index (χ2n) is 8.52. The van der Waals surface area contributed by atoms with Crippen LogP contribution in [0.5, 0.6) is 0 Å². The molecule has 1 fully saturated rings. The molecule has 1 aliphatic heterocycles. The number of aromatic nitrogens is 3. The highest BCUT2D eigenvalue weighted by Gasteiger charge is 2.22. The first kappa shape index (κ1) is 20.6. The predicted molar refractivity (Wildman–Crippen MR) is 128 cm³/mol. The van der Waals surface area contributed by atoms with Crippen LogP contribution in [0.2, 0.25) is 0 Å². The fraction of sp³-hybridized carbons (Fsp3) is 0.259. The quantitative estimate of drug-likeness (QED) is 0.457. The molecule has 0 unspecified atom stereocenters. The van der Waals surface area contributed by atoms with E-state index in [9.17, 15) is 0 Å². The van der Waals surface area contributed by atoms with Gasteiger partial charge in [0, 0.05) is 61.9 Å². The Bertz CT molecular complexity index is 1110. The molecule has 0 bridgehead atoms. The van der Waals surface area contributed by atoms with E-state index < -0.39 is 0 Å². The molecule has 0 aliphatic carbocycles. The van der Waals surface area contributed by atoms with Gasteiger partial charge in [-0.05, 0) is 29.7 Å². The topological polar surface area (TPSA) is 46.0 Å². The van der Waals surface area contributed by atoms with E-state index >= 15 is 0 Å². The Kier molecular flexibility index (Phi) is 6.37. The van der Waals surface area contributed by atoms with E-state index in [1.54, 1.807) is 0 Å². The minimum absolute atomic E-state index is 0.498. The molecule has 32 heavy (non-hydrogen) atoms. The highest BCUT2D eigenvalue weighted by molar-refractivity contribution is 5.61. The summed E-state index contributed by atoms with van der Waals surface area (Å²) in [4.78, 5) is 6.84. The summed E-state index contributed by atoms with van der Waals surface area (Å²) in [5.74, 6) is 0. The molecule has 5 rings (SSSR count). The van der Waals surface area contributed by atoms with Gasteiger partial charge >= 0.3 is 0 Å². The molecule has 2 aromatic carbocycles. The summed E-state index contributed by atoms with van der Waals surface area (Å²) in [6.07, 6.45) is 7.06. The van der Waals surface area contributed by atoms with Gasteiger partial charge < -0.3 is 5.32 Å². The second-order valence-corrected chi connectivity index (χ2v) is 8.52. The normalized spacial score (nSPS) is 16.4. The average molecular weight is 424 g/mol. The van der Waals surface area contributed by atoms with Crippen LogP contribution in [0.15, 0.2) is 91.4 Å². The summed E-state index contributed by atoms with van der Waals surface area (Å²) < 4.78 is 2.05. The van der Waals surface area contributed by atoms with Crippen molar-refractivity contribution in [2.45, 2.75) is 32.1 Å². The molecule has 1 N–H and O–H groups in total. The lowest BCUT2D eigenvalue weighted by atomic mass is 10.1. The van der Waals surface area contributed by atoms with Crippen molar-refractivity contribution in [1.82, 2.24) is 25.0 Å². The molecule has 4 aromatic rings. The molecule has 1 atom stereocenters. The van der Waals surface area contributed by atoms with E-state index in [1.807, 2.05) is 29.2 Å². The highest BCUT2D eigenvalue weighted by Crippen LogP contribution is 2.22. The monoisotopic (exact) mass is 423 g/mol. The maximum Gasteiger partial charge on any atom is 0.0983 e. The van der Waals surface area contributed by atoms with Gasteiger partial charge in [-0.25, -0.2) is 0 Å². The number of nitrogens with zero attached hydrogens (tertiary/aromatic N) is 4. The first-order chi connectivity index (χ1) is 15.8. The fourth-order valence-electron chi connectivity index (χ4n) is 4.43. The SMILES string of the molecule is c1ccc(CN2CC[C@H](NCc3cn(Cc4ccccc4)nc3-c3cccnc3)C2)cc1. The van der Waals surface area contributed by atoms with Crippen LogP contribution in [0.4, 0.5) is 0 Å². The third-order valence-corrected chi connectivity index (χ3v) is 6.06. The van der Waals surface area contributed by atoms with Gasteiger partial charge in [-0.2, -0.15) is 5.10 Å². The second kappa shape index (κ2) is 9.90. The molecule has 5 nitrogen and oxygen atoms in total. The average Bonchev–Trinajstić information content (AvgIpc) is 3.46. The Morgan fingerprint density at radius 3 is 2.34 bits per heavy atom. The smallest absolute Gasteiger partial charge is 0.0983 e. The number of pyridine rings is 1. The van der Waals surface area contributed by atoms with Gasteiger partial charge in [-0.3, -0.25) is 14.6 Å². The van der Waals surface area contributed by atoms with Crippen LogP contribution in [0.1, 0.15) is 23.1 Å². The van der Waals surface area contributed by atoms with E-state index in [0.717, 1.165) is 44.0 Å². The Morgan fingerprint density at radius 1 is 0.875 bits per heavy atom. The maximum absolute atomic E-state index is 4.92. The highest BCUT2D eigenvalue weighted by atomic mass is 15.3. The van der Waals surface area contributed by atoms with Crippen molar-refractivity contribution in [3.8, 4) is 11.3 Å². The van der Waals surface area contributed by atoms with Gasteiger partial charge in [-0.15, -0.1) is 0 Å². The van der Waals surface area contributed by atoms with Crippen molar-refractivity contribution >= 4 is 0 Å². The van der Waals surface area contributed by atoms with Crippen molar-refractivity contribution in [3.05, 3.63) is 108 Å². The Labute approximate surface area is 189 Å². The molecule has 2 aromatic heterocycles. The number of likely N-dealkylation sites (tertiary alicyclic amines) is 1. The largest absolute Gasteiger partial charge is 0.308 e. The molecule has 162 valence electrons. The first-order valence-electron chi connectivity index (χ1n) is 11.3. The summed E-state index contributed by atoms with van der Waals surface area (Å²) in [7, 11) is 0. The summed E-state index contributed by atoms with van der Waals surface area (Å²) in [6.45, 7) is 4.81. The van der Waals surface area contributed by atoms with Crippen LogP contribution < -0.4 is 5.32 Å². The fourth-order valence-corrected chi connectivity index (χ4v) is 4.43. The van der Waals surface area contributed by atoms with E-state index in [0.29, 0.717) is 6.04 Å². The van der Waals surface area contributed by atoms with Crippen LogP contribution in [-0.4, -0.2) is 38.8 Å². The van der Waals surface area contributed by atoms with Crippen LogP contribution in [-0.2, 0) is 19.6 Å². The minimum atomic E-state index is 0.498. The standard InChI is InChI=1S/C27H29N5/c1-3-8-22(9-4-1)18-31-15-13-26(21-31)29-17-25-20-32(19-23-10-5-2-6-11-23)30-27(25)24-12-7-14-28-16-24/h1-12,14,16,20,26,29H,13,15,17-19,21H2/t26-/m0/s1. The Hall–Kier alpha value is -3.28. The molecule has 0 radical (unpaired) electrons. The van der Waals surface area contributed by atoms with Crippen molar-refractivity contribution in [2.24, 2.45) is 0 Å². The van der Waals surface area contributed by atoms with Crippen molar-refractivity contribution in [2.75, 3.05) is 13.1 Å². The molecular weight excluding hydrogens is 394 g/mol. The van der Waals surface area contributed by atoms with E-state index in [1.165, 1.54) is 23.1 Å². The van der Waals surface area contributed by atoms with E-state index in [2.05, 4.69) is 82.1 Å². The first-order valence-corrected chi connectivity index (χ1v) is 11.3. The zero-order valence-electron chi connectivity index (χ0n) is 18.3. The van der Waals surface area contributed by atoms with Crippen molar-refractivity contribution < 1.29 is 0 Å². The zero-order chi connectivity index (χ0) is 21.6. The zero-order valence-corrected chi connectivity index (χ0v) is 18.3. The number of rotatable bonds is 8. The Balaban J connectivity index is 1.26. The third kappa shape index (κ3) is 5.13. The lowest BCUT2D eigenvalue weighted by Gasteiger charge is -2.17. The molecule has 0 amide bonds. The molecule has 1 saturated heterocycles. The molecule has 0 spiro atoms. The lowest BCUT2D eigenvalue weighted by Crippen LogP contribution is -2.32. The molecular formula is C27H29N5. The predicted octanol–water partition coefficient (Wildman–Crippen LogP) is 4.36. The van der Waals surface area contributed by atoms with Crippen molar-refractivity contribution in [1.29, 1.82) is 0 Å². The third-order valence-electron chi connectivity index (χ3n) is 6.06. The van der Waals surface area contributed by atoms with Crippen LogP contribution in [0, 0.1) is 0 Å². The lowest BCUT2D eigenvalue weighted by molar-refractivity contribution is 0.320. The summed E-state index contributed by atoms with van der Waals surface area (Å²) in [6, 6.07) is 25.8. The van der Waals surface area contributed by atoms with Gasteiger partial charge in [0.2, 0.25) is 0 Å². The van der Waals surface area contributed by atoms with Gasteiger partial charge in [0.15, 0.2) is 0 Å². The van der Waals surface area contributed by atoms with E-state index in [-0.39, 0.29) is 0 Å². The molecule has 3 heterocycles. The van der Waals surface area contributed by atoms with Crippen LogP contribution >= 0.6 is 0 Å². The van der Waals surface area contributed by atoms with Gasteiger partial charge in [0.1, 0.15) is 0 Å². The number of nitrogens with one attached hydrogen (secondary N) is 1. The maximum atomic E-state index is 4.92.